The van der Waals surface area contributed by atoms with Gasteiger partial charge in [-0.2, -0.15) is 4.37 Å². The SMILES string of the molecule is COc1cccc(-c2cc(C(=O)Nc3nc(CC(C)N4CCCC4)ns3)c(C)o2)c1. The van der Waals surface area contributed by atoms with Crippen LogP contribution in [0.15, 0.2) is 34.7 Å². The summed E-state index contributed by atoms with van der Waals surface area (Å²) < 4.78 is 15.5. The summed E-state index contributed by atoms with van der Waals surface area (Å²) in [4.78, 5) is 19.8. The minimum atomic E-state index is -0.249. The number of benzene rings is 1. The van der Waals surface area contributed by atoms with Crippen LogP contribution in [0.4, 0.5) is 5.13 Å². The molecule has 3 heterocycles. The van der Waals surface area contributed by atoms with E-state index in [0.29, 0.717) is 28.3 Å². The van der Waals surface area contributed by atoms with Crippen molar-refractivity contribution in [2.45, 2.75) is 39.2 Å². The highest BCUT2D eigenvalue weighted by molar-refractivity contribution is 7.09. The molecule has 1 aliphatic heterocycles. The highest BCUT2D eigenvalue weighted by atomic mass is 32.1. The van der Waals surface area contributed by atoms with Crippen molar-refractivity contribution in [1.29, 1.82) is 0 Å². The van der Waals surface area contributed by atoms with Gasteiger partial charge >= 0.3 is 0 Å². The summed E-state index contributed by atoms with van der Waals surface area (Å²) in [6.07, 6.45) is 3.31. The first kappa shape index (κ1) is 20.6. The molecule has 158 valence electrons. The Morgan fingerprint density at radius 2 is 2.13 bits per heavy atom. The molecule has 1 amide bonds. The molecule has 4 rings (SSSR count). The van der Waals surface area contributed by atoms with Crippen molar-refractivity contribution >= 4 is 22.6 Å². The maximum Gasteiger partial charge on any atom is 0.261 e. The number of carbonyl (C=O) groups excluding carboxylic acids is 1. The number of amides is 1. The lowest BCUT2D eigenvalue weighted by Gasteiger charge is -2.22. The van der Waals surface area contributed by atoms with Crippen molar-refractivity contribution in [1.82, 2.24) is 14.3 Å². The fraction of sp³-hybridized carbons (Fsp3) is 0.409. The number of furan rings is 1. The van der Waals surface area contributed by atoms with Crippen LogP contribution >= 0.6 is 11.5 Å². The maximum atomic E-state index is 12.8. The Morgan fingerprint density at radius 1 is 1.33 bits per heavy atom. The van der Waals surface area contributed by atoms with Crippen LogP contribution in [0.25, 0.3) is 11.3 Å². The van der Waals surface area contributed by atoms with Crippen LogP contribution in [0.5, 0.6) is 5.75 Å². The summed E-state index contributed by atoms with van der Waals surface area (Å²) in [6.45, 7) is 6.27. The number of nitrogens with zero attached hydrogens (tertiary/aromatic N) is 3. The van der Waals surface area contributed by atoms with Crippen molar-refractivity contribution in [3.8, 4) is 17.1 Å². The van der Waals surface area contributed by atoms with Gasteiger partial charge in [-0.15, -0.1) is 0 Å². The Morgan fingerprint density at radius 3 is 2.90 bits per heavy atom. The van der Waals surface area contributed by atoms with E-state index in [1.54, 1.807) is 20.1 Å². The Kier molecular flexibility index (Phi) is 6.15. The molecular formula is C22H26N4O3S. The number of nitrogens with one attached hydrogen (secondary N) is 1. The molecule has 0 aliphatic carbocycles. The molecule has 3 aromatic rings. The molecule has 0 bridgehead atoms. The molecule has 1 unspecified atom stereocenters. The zero-order chi connectivity index (χ0) is 21.1. The molecule has 1 saturated heterocycles. The van der Waals surface area contributed by atoms with E-state index in [-0.39, 0.29) is 5.91 Å². The molecule has 0 saturated carbocycles. The van der Waals surface area contributed by atoms with Crippen LogP contribution in [0.1, 0.15) is 41.7 Å². The number of aryl methyl sites for hydroxylation is 1. The molecule has 1 atom stereocenters. The lowest BCUT2D eigenvalue weighted by atomic mass is 10.1. The standard InChI is InChI=1S/C22H26N4O3S/c1-14(26-9-4-5-10-26)11-20-23-22(30-25-20)24-21(27)18-13-19(29-15(18)2)16-7-6-8-17(12-16)28-3/h6-8,12-14H,4-5,9-11H2,1-3H3,(H,23,24,25,27). The van der Waals surface area contributed by atoms with Crippen LogP contribution in [0.3, 0.4) is 0 Å². The molecule has 1 aromatic carbocycles. The number of rotatable bonds is 7. The summed E-state index contributed by atoms with van der Waals surface area (Å²) in [7, 11) is 1.62. The molecule has 0 radical (unpaired) electrons. The third-order valence-electron chi connectivity index (χ3n) is 5.45. The van der Waals surface area contributed by atoms with Crippen molar-refractivity contribution in [2.24, 2.45) is 0 Å². The molecule has 0 spiro atoms. The predicted octanol–water partition coefficient (Wildman–Crippen LogP) is 4.39. The molecule has 1 N–H and O–H groups in total. The van der Waals surface area contributed by atoms with Gasteiger partial charge in [0.05, 0.1) is 12.7 Å². The highest BCUT2D eigenvalue weighted by Crippen LogP contribution is 2.28. The summed E-state index contributed by atoms with van der Waals surface area (Å²) in [5, 5.41) is 3.36. The maximum absolute atomic E-state index is 12.8. The summed E-state index contributed by atoms with van der Waals surface area (Å²) in [6, 6.07) is 9.70. The fourth-order valence-corrected chi connectivity index (χ4v) is 4.35. The second kappa shape index (κ2) is 8.97. The normalized spacial score (nSPS) is 15.3. The number of likely N-dealkylation sites (tertiary alicyclic amines) is 1. The Hall–Kier alpha value is -2.71. The topological polar surface area (TPSA) is 80.5 Å². The number of ether oxygens (including phenoxy) is 1. The van der Waals surface area contributed by atoms with E-state index < -0.39 is 0 Å². The Bertz CT molecular complexity index is 1020. The van der Waals surface area contributed by atoms with Gasteiger partial charge in [-0.05, 0) is 58.0 Å². The van der Waals surface area contributed by atoms with E-state index in [4.69, 9.17) is 9.15 Å². The first-order valence-electron chi connectivity index (χ1n) is 10.2. The Labute approximate surface area is 180 Å². The van der Waals surface area contributed by atoms with E-state index in [1.165, 1.54) is 24.4 Å². The van der Waals surface area contributed by atoms with Gasteiger partial charge in [0.25, 0.3) is 5.91 Å². The van der Waals surface area contributed by atoms with Gasteiger partial charge < -0.3 is 14.1 Å². The second-order valence-corrected chi connectivity index (χ2v) is 8.33. The zero-order valence-electron chi connectivity index (χ0n) is 17.5. The number of aromatic nitrogens is 2. The third-order valence-corrected chi connectivity index (χ3v) is 6.12. The van der Waals surface area contributed by atoms with Crippen molar-refractivity contribution < 1.29 is 13.9 Å². The summed E-state index contributed by atoms with van der Waals surface area (Å²) in [5.74, 6) is 2.43. The molecule has 2 aromatic heterocycles. The number of hydrogen-bond donors (Lipinski definition) is 1. The molecule has 1 fully saturated rings. The largest absolute Gasteiger partial charge is 0.497 e. The first-order chi connectivity index (χ1) is 14.5. The second-order valence-electron chi connectivity index (χ2n) is 7.58. The van der Waals surface area contributed by atoms with Gasteiger partial charge in [-0.25, -0.2) is 4.98 Å². The quantitative estimate of drug-likeness (QED) is 0.603. The van der Waals surface area contributed by atoms with Gasteiger partial charge in [-0.1, -0.05) is 12.1 Å². The Balaban J connectivity index is 1.43. The van der Waals surface area contributed by atoms with E-state index in [0.717, 1.165) is 36.6 Å². The number of carbonyl (C=O) groups is 1. The predicted molar refractivity (Wildman–Crippen MR) is 117 cm³/mol. The van der Waals surface area contributed by atoms with Crippen LogP contribution in [0.2, 0.25) is 0 Å². The fourth-order valence-electron chi connectivity index (χ4n) is 3.75. The molecule has 1 aliphatic rings. The van der Waals surface area contributed by atoms with Crippen molar-refractivity contribution in [3.05, 3.63) is 47.5 Å². The van der Waals surface area contributed by atoms with Crippen LogP contribution in [0, 0.1) is 6.92 Å². The number of anilines is 1. The monoisotopic (exact) mass is 426 g/mol. The van der Waals surface area contributed by atoms with Gasteiger partial charge in [0.15, 0.2) is 0 Å². The van der Waals surface area contributed by atoms with E-state index in [1.807, 2.05) is 24.3 Å². The average molecular weight is 427 g/mol. The minimum absolute atomic E-state index is 0.249. The molecule has 30 heavy (non-hydrogen) atoms. The van der Waals surface area contributed by atoms with Gasteiger partial charge in [-0.3, -0.25) is 10.1 Å². The zero-order valence-corrected chi connectivity index (χ0v) is 18.3. The van der Waals surface area contributed by atoms with Crippen molar-refractivity contribution in [2.75, 3.05) is 25.5 Å². The van der Waals surface area contributed by atoms with Crippen LogP contribution < -0.4 is 10.1 Å². The first-order valence-corrected chi connectivity index (χ1v) is 10.9. The highest BCUT2D eigenvalue weighted by Gasteiger charge is 2.21. The lowest BCUT2D eigenvalue weighted by molar-refractivity contribution is 0.102. The van der Waals surface area contributed by atoms with Crippen LogP contribution in [-0.2, 0) is 6.42 Å². The smallest absolute Gasteiger partial charge is 0.261 e. The van der Waals surface area contributed by atoms with E-state index in [2.05, 4.69) is 26.5 Å². The van der Waals surface area contributed by atoms with E-state index >= 15 is 0 Å². The van der Waals surface area contributed by atoms with E-state index in [9.17, 15) is 4.79 Å². The molecular weight excluding hydrogens is 400 g/mol. The average Bonchev–Trinajstić information content (AvgIpc) is 3.49. The summed E-state index contributed by atoms with van der Waals surface area (Å²) >= 11 is 1.21. The number of hydrogen-bond acceptors (Lipinski definition) is 7. The lowest BCUT2D eigenvalue weighted by Crippen LogP contribution is -2.32. The van der Waals surface area contributed by atoms with Gasteiger partial charge in [0.2, 0.25) is 5.13 Å². The summed E-state index contributed by atoms with van der Waals surface area (Å²) in [5.41, 5.74) is 1.33. The number of methoxy groups -OCH3 is 1. The minimum Gasteiger partial charge on any atom is -0.497 e. The van der Waals surface area contributed by atoms with Gasteiger partial charge in [0.1, 0.15) is 23.1 Å². The van der Waals surface area contributed by atoms with Crippen molar-refractivity contribution in [3.63, 3.8) is 0 Å². The van der Waals surface area contributed by atoms with Gasteiger partial charge in [0, 0.05) is 29.6 Å². The third kappa shape index (κ3) is 4.55. The molecule has 7 nitrogen and oxygen atoms in total. The molecule has 8 heteroatoms. The van der Waals surface area contributed by atoms with Crippen LogP contribution in [-0.4, -0.2) is 46.4 Å².